The van der Waals surface area contributed by atoms with Crippen LogP contribution in [0.5, 0.6) is 5.88 Å². The number of imidazole rings is 1. The van der Waals surface area contributed by atoms with Gasteiger partial charge in [-0.15, -0.1) is 0 Å². The van der Waals surface area contributed by atoms with Crippen molar-refractivity contribution in [2.45, 2.75) is 37.9 Å². The maximum atomic E-state index is 13.1. The number of nitrogens with one attached hydrogen (secondary N) is 2. The van der Waals surface area contributed by atoms with Gasteiger partial charge < -0.3 is 19.9 Å². The first-order chi connectivity index (χ1) is 19.2. The SMILES string of the molecule is COc1ncnc(C2CC2)c1-c1nc(NCc2ccc(-c3nc(C(F)(F)F)cn3C)cc2)c2c(n1)C(=O)NCC2. The molecule has 0 bridgehead atoms. The first-order valence-electron chi connectivity index (χ1n) is 12.7. The highest BCUT2D eigenvalue weighted by molar-refractivity contribution is 5.96. The molecule has 1 aliphatic carbocycles. The number of aryl methyl sites for hydroxylation is 1. The number of rotatable bonds is 7. The summed E-state index contributed by atoms with van der Waals surface area (Å²) in [7, 11) is 3.05. The quantitative estimate of drug-likeness (QED) is 0.353. The summed E-state index contributed by atoms with van der Waals surface area (Å²) in [5.74, 6) is 1.37. The third-order valence-electron chi connectivity index (χ3n) is 6.94. The lowest BCUT2D eigenvalue weighted by atomic mass is 10.0. The van der Waals surface area contributed by atoms with Crippen LogP contribution in [0.1, 0.15) is 51.8 Å². The van der Waals surface area contributed by atoms with E-state index in [-0.39, 0.29) is 23.3 Å². The van der Waals surface area contributed by atoms with Gasteiger partial charge in [0.2, 0.25) is 5.88 Å². The van der Waals surface area contributed by atoms with E-state index in [1.807, 2.05) is 12.1 Å². The molecule has 1 fully saturated rings. The van der Waals surface area contributed by atoms with Crippen molar-refractivity contribution in [1.29, 1.82) is 0 Å². The molecule has 6 rings (SSSR count). The summed E-state index contributed by atoms with van der Waals surface area (Å²) in [5.41, 5.74) is 2.86. The Hall–Kier alpha value is -4.55. The normalized spacial score (nSPS) is 15.0. The van der Waals surface area contributed by atoms with E-state index in [9.17, 15) is 18.0 Å². The summed E-state index contributed by atoms with van der Waals surface area (Å²) in [5, 5.41) is 6.17. The summed E-state index contributed by atoms with van der Waals surface area (Å²) >= 11 is 0. The highest BCUT2D eigenvalue weighted by atomic mass is 19.4. The first-order valence-corrected chi connectivity index (χ1v) is 12.7. The molecule has 13 heteroatoms. The van der Waals surface area contributed by atoms with Gasteiger partial charge in [0.25, 0.3) is 5.91 Å². The van der Waals surface area contributed by atoms with Crippen LogP contribution in [-0.4, -0.2) is 49.0 Å². The number of benzene rings is 1. The molecule has 1 aromatic carbocycles. The Balaban J connectivity index is 1.31. The lowest BCUT2D eigenvalue weighted by Crippen LogP contribution is -2.34. The van der Waals surface area contributed by atoms with Crippen LogP contribution in [0.25, 0.3) is 22.8 Å². The number of anilines is 1. The van der Waals surface area contributed by atoms with Gasteiger partial charge in [-0.3, -0.25) is 4.79 Å². The summed E-state index contributed by atoms with van der Waals surface area (Å²) in [6.07, 6.45) is 0.463. The average molecular weight is 551 g/mol. The van der Waals surface area contributed by atoms with Gasteiger partial charge >= 0.3 is 6.18 Å². The molecule has 40 heavy (non-hydrogen) atoms. The fourth-order valence-corrected chi connectivity index (χ4v) is 4.79. The molecule has 2 aliphatic rings. The van der Waals surface area contributed by atoms with Crippen molar-refractivity contribution in [3.05, 3.63) is 65.0 Å². The minimum atomic E-state index is -4.51. The zero-order chi connectivity index (χ0) is 28.0. The molecule has 1 amide bonds. The largest absolute Gasteiger partial charge is 0.480 e. The van der Waals surface area contributed by atoms with Gasteiger partial charge in [0, 0.05) is 43.4 Å². The van der Waals surface area contributed by atoms with E-state index in [1.165, 1.54) is 25.1 Å². The third-order valence-corrected chi connectivity index (χ3v) is 6.94. The molecular weight excluding hydrogens is 525 g/mol. The number of aromatic nitrogens is 6. The minimum absolute atomic E-state index is 0.220. The molecular formula is C27H25F3N8O2. The van der Waals surface area contributed by atoms with Gasteiger partial charge in [-0.1, -0.05) is 24.3 Å². The minimum Gasteiger partial charge on any atom is -0.480 e. The van der Waals surface area contributed by atoms with Crippen molar-refractivity contribution in [3.8, 4) is 28.7 Å². The number of fused-ring (bicyclic) bond motifs is 1. The summed E-state index contributed by atoms with van der Waals surface area (Å²) in [4.78, 5) is 34.7. The topological polar surface area (TPSA) is 120 Å². The number of carbonyl (C=O) groups excluding carboxylic acids is 1. The van der Waals surface area contributed by atoms with E-state index in [4.69, 9.17) is 9.72 Å². The van der Waals surface area contributed by atoms with E-state index in [1.54, 1.807) is 12.1 Å². The van der Waals surface area contributed by atoms with Crippen molar-refractivity contribution < 1.29 is 22.7 Å². The Kier molecular flexibility index (Phi) is 6.35. The van der Waals surface area contributed by atoms with Crippen LogP contribution in [-0.2, 0) is 26.2 Å². The molecule has 1 saturated carbocycles. The Labute approximate surface area is 227 Å². The second-order valence-corrected chi connectivity index (χ2v) is 9.76. The molecule has 2 N–H and O–H groups in total. The summed E-state index contributed by atoms with van der Waals surface area (Å²) < 4.78 is 46.1. The van der Waals surface area contributed by atoms with Gasteiger partial charge in [-0.05, 0) is 24.8 Å². The van der Waals surface area contributed by atoms with Crippen LogP contribution >= 0.6 is 0 Å². The maximum absolute atomic E-state index is 13.1. The predicted octanol–water partition coefficient (Wildman–Crippen LogP) is 4.14. The Bertz CT molecular complexity index is 1600. The fraction of sp³-hybridized carbons (Fsp3) is 0.333. The maximum Gasteiger partial charge on any atom is 0.434 e. The number of carbonyl (C=O) groups is 1. The van der Waals surface area contributed by atoms with Crippen LogP contribution < -0.4 is 15.4 Å². The lowest BCUT2D eigenvalue weighted by molar-refractivity contribution is -0.140. The molecule has 3 aromatic heterocycles. The number of hydrogen-bond donors (Lipinski definition) is 2. The summed E-state index contributed by atoms with van der Waals surface area (Å²) in [6, 6.07) is 7.07. The Morgan fingerprint density at radius 3 is 2.58 bits per heavy atom. The van der Waals surface area contributed by atoms with E-state index >= 15 is 0 Å². The Morgan fingerprint density at radius 2 is 1.90 bits per heavy atom. The molecule has 0 atom stereocenters. The van der Waals surface area contributed by atoms with E-state index in [0.29, 0.717) is 53.7 Å². The van der Waals surface area contributed by atoms with Crippen LogP contribution in [0.2, 0.25) is 0 Å². The molecule has 4 heterocycles. The predicted molar refractivity (Wildman–Crippen MR) is 139 cm³/mol. The fourth-order valence-electron chi connectivity index (χ4n) is 4.79. The highest BCUT2D eigenvalue weighted by Crippen LogP contribution is 2.45. The van der Waals surface area contributed by atoms with E-state index < -0.39 is 11.9 Å². The zero-order valence-electron chi connectivity index (χ0n) is 21.7. The van der Waals surface area contributed by atoms with Crippen LogP contribution in [0, 0.1) is 0 Å². The first kappa shape index (κ1) is 25.7. The number of nitrogens with zero attached hydrogens (tertiary/aromatic N) is 6. The molecule has 1 aliphatic heterocycles. The second kappa shape index (κ2) is 9.88. The lowest BCUT2D eigenvalue weighted by Gasteiger charge is -2.21. The molecule has 206 valence electrons. The van der Waals surface area contributed by atoms with Crippen LogP contribution in [0.3, 0.4) is 0 Å². The smallest absolute Gasteiger partial charge is 0.434 e. The van der Waals surface area contributed by atoms with Crippen molar-refractivity contribution >= 4 is 11.7 Å². The molecule has 4 aromatic rings. The molecule has 0 radical (unpaired) electrons. The van der Waals surface area contributed by atoms with E-state index in [0.717, 1.165) is 30.3 Å². The van der Waals surface area contributed by atoms with Gasteiger partial charge in [0.1, 0.15) is 29.2 Å². The van der Waals surface area contributed by atoms with Crippen LogP contribution in [0.15, 0.2) is 36.8 Å². The molecule has 0 saturated heterocycles. The van der Waals surface area contributed by atoms with Gasteiger partial charge in [0.15, 0.2) is 11.5 Å². The highest BCUT2D eigenvalue weighted by Gasteiger charge is 2.35. The van der Waals surface area contributed by atoms with Crippen LogP contribution in [0.4, 0.5) is 19.0 Å². The monoisotopic (exact) mass is 550 g/mol. The Morgan fingerprint density at radius 1 is 1.12 bits per heavy atom. The van der Waals surface area contributed by atoms with Gasteiger partial charge in [-0.2, -0.15) is 13.2 Å². The van der Waals surface area contributed by atoms with Crippen molar-refractivity contribution in [1.82, 2.24) is 34.8 Å². The van der Waals surface area contributed by atoms with Crippen molar-refractivity contribution in [2.24, 2.45) is 7.05 Å². The van der Waals surface area contributed by atoms with Gasteiger partial charge in [-0.25, -0.2) is 24.9 Å². The van der Waals surface area contributed by atoms with Gasteiger partial charge in [0.05, 0.1) is 12.8 Å². The molecule has 0 unspecified atom stereocenters. The summed E-state index contributed by atoms with van der Waals surface area (Å²) in [6.45, 7) is 0.823. The van der Waals surface area contributed by atoms with E-state index in [2.05, 4.69) is 30.6 Å². The number of amides is 1. The average Bonchev–Trinajstić information content (AvgIpc) is 3.72. The second-order valence-electron chi connectivity index (χ2n) is 9.76. The molecule has 10 nitrogen and oxygen atoms in total. The number of methoxy groups -OCH3 is 1. The number of halogens is 3. The van der Waals surface area contributed by atoms with Crippen molar-refractivity contribution in [3.63, 3.8) is 0 Å². The number of ether oxygens (including phenoxy) is 1. The molecule has 0 spiro atoms. The number of alkyl halides is 3. The third kappa shape index (κ3) is 4.82. The zero-order valence-corrected chi connectivity index (χ0v) is 21.7. The number of hydrogen-bond acceptors (Lipinski definition) is 8. The van der Waals surface area contributed by atoms with Crippen molar-refractivity contribution in [2.75, 3.05) is 19.0 Å². The standard InChI is InChI=1S/C27H25F3N8O2/c1-38-12-18(27(28,29)30)35-24(38)16-5-3-14(4-6-16)11-32-22-17-9-10-31-25(39)21(17)36-23(37-22)19-20(15-7-8-15)33-13-34-26(19)40-2/h3-6,12-13,15H,7-11H2,1-2H3,(H,31,39)(H,32,36,37).